The van der Waals surface area contributed by atoms with Crippen molar-refractivity contribution in [2.75, 3.05) is 6.61 Å². The normalized spacial score (nSPS) is 11.6. The van der Waals surface area contributed by atoms with E-state index in [0.29, 0.717) is 13.0 Å². The van der Waals surface area contributed by atoms with Gasteiger partial charge in [0.2, 0.25) is 0 Å². The summed E-state index contributed by atoms with van der Waals surface area (Å²) < 4.78 is 5.29. The third kappa shape index (κ3) is 3.01. The maximum Gasteiger partial charge on any atom is 0.306 e. The number of ether oxygens (including phenoxy) is 1. The van der Waals surface area contributed by atoms with E-state index in [1.165, 1.54) is 21.9 Å². The molecule has 4 nitrogen and oxygen atoms in total. The van der Waals surface area contributed by atoms with E-state index in [4.69, 9.17) is 4.74 Å². The van der Waals surface area contributed by atoms with Crippen LogP contribution in [0.1, 0.15) is 41.5 Å². The Hall–Kier alpha value is -3.01. The minimum Gasteiger partial charge on any atom is -0.466 e. The summed E-state index contributed by atoms with van der Waals surface area (Å²) in [6, 6.07) is 12.5. The zero-order valence-corrected chi connectivity index (χ0v) is 15.9. The molecule has 2 aromatic heterocycles. The van der Waals surface area contributed by atoms with Crippen LogP contribution in [0.25, 0.3) is 21.8 Å². The molecular formula is C23H24N2O2. The van der Waals surface area contributed by atoms with Crippen LogP contribution in [0.2, 0.25) is 0 Å². The Morgan fingerprint density at radius 2 is 1.44 bits per heavy atom. The van der Waals surface area contributed by atoms with Gasteiger partial charge in [0.25, 0.3) is 0 Å². The second kappa shape index (κ2) is 6.95. The van der Waals surface area contributed by atoms with E-state index in [1.807, 2.05) is 31.5 Å². The highest BCUT2D eigenvalue weighted by atomic mass is 16.5. The quantitative estimate of drug-likeness (QED) is 0.471. The number of hydrogen-bond donors (Lipinski definition) is 2. The van der Waals surface area contributed by atoms with E-state index >= 15 is 0 Å². The second-order valence-corrected chi connectivity index (χ2v) is 7.04. The molecule has 27 heavy (non-hydrogen) atoms. The van der Waals surface area contributed by atoms with Crippen molar-refractivity contribution in [2.24, 2.45) is 0 Å². The highest BCUT2D eigenvalue weighted by molar-refractivity contribution is 5.92. The highest BCUT2D eigenvalue weighted by Gasteiger charge is 2.25. The van der Waals surface area contributed by atoms with Crippen molar-refractivity contribution < 1.29 is 9.53 Å². The van der Waals surface area contributed by atoms with Crippen LogP contribution < -0.4 is 0 Å². The first-order valence-corrected chi connectivity index (χ1v) is 9.39. The fraction of sp³-hybridized carbons (Fsp3) is 0.261. The van der Waals surface area contributed by atoms with Gasteiger partial charge in [-0.15, -0.1) is 0 Å². The first kappa shape index (κ1) is 17.4. The van der Waals surface area contributed by atoms with Crippen LogP contribution in [0, 0.1) is 13.8 Å². The molecule has 0 aliphatic heterocycles. The second-order valence-electron chi connectivity index (χ2n) is 7.04. The third-order valence-corrected chi connectivity index (χ3v) is 5.32. The number of esters is 1. The van der Waals surface area contributed by atoms with Gasteiger partial charge in [-0.1, -0.05) is 24.3 Å². The number of nitrogens with one attached hydrogen (secondary N) is 2. The SMILES string of the molecule is CCOC(=O)CC(c1c[nH]c2cccc(C)c12)c1c[nH]c2cccc(C)c12. The number of aryl methyl sites for hydroxylation is 2. The third-order valence-electron chi connectivity index (χ3n) is 5.32. The van der Waals surface area contributed by atoms with Gasteiger partial charge in [0.1, 0.15) is 0 Å². The number of carbonyl (C=O) groups excluding carboxylic acids is 1. The average Bonchev–Trinajstić information content (AvgIpc) is 3.26. The van der Waals surface area contributed by atoms with Crippen molar-refractivity contribution >= 4 is 27.8 Å². The van der Waals surface area contributed by atoms with Crippen molar-refractivity contribution in [3.05, 3.63) is 71.0 Å². The van der Waals surface area contributed by atoms with Crippen molar-refractivity contribution in [3.63, 3.8) is 0 Å². The van der Waals surface area contributed by atoms with E-state index in [1.54, 1.807) is 0 Å². The highest BCUT2D eigenvalue weighted by Crippen LogP contribution is 2.39. The minimum atomic E-state index is -0.173. The lowest BCUT2D eigenvalue weighted by Crippen LogP contribution is -2.11. The fourth-order valence-electron chi connectivity index (χ4n) is 4.12. The van der Waals surface area contributed by atoms with E-state index in [-0.39, 0.29) is 11.9 Å². The summed E-state index contributed by atoms with van der Waals surface area (Å²) in [5.41, 5.74) is 6.87. The smallest absolute Gasteiger partial charge is 0.306 e. The van der Waals surface area contributed by atoms with Crippen LogP contribution in [0.5, 0.6) is 0 Å². The molecule has 0 spiro atoms. The molecule has 0 saturated carbocycles. The summed E-state index contributed by atoms with van der Waals surface area (Å²) in [7, 11) is 0. The topological polar surface area (TPSA) is 57.9 Å². The van der Waals surface area contributed by atoms with Crippen LogP contribution in [0.3, 0.4) is 0 Å². The monoisotopic (exact) mass is 360 g/mol. The Balaban J connectivity index is 1.92. The van der Waals surface area contributed by atoms with Crippen LogP contribution in [0.15, 0.2) is 48.8 Å². The molecule has 0 fully saturated rings. The molecule has 0 saturated heterocycles. The molecule has 0 unspecified atom stereocenters. The number of benzene rings is 2. The fourth-order valence-corrected chi connectivity index (χ4v) is 4.12. The van der Waals surface area contributed by atoms with Crippen LogP contribution >= 0.6 is 0 Å². The lowest BCUT2D eigenvalue weighted by molar-refractivity contribution is -0.143. The molecule has 0 aliphatic carbocycles. The molecule has 4 aromatic rings. The van der Waals surface area contributed by atoms with Crippen molar-refractivity contribution in [2.45, 2.75) is 33.1 Å². The largest absolute Gasteiger partial charge is 0.466 e. The summed E-state index contributed by atoms with van der Waals surface area (Å²) in [6.07, 6.45) is 4.40. The van der Waals surface area contributed by atoms with Gasteiger partial charge in [0.15, 0.2) is 0 Å². The zero-order valence-electron chi connectivity index (χ0n) is 15.9. The molecule has 0 radical (unpaired) electrons. The average molecular weight is 360 g/mol. The van der Waals surface area contributed by atoms with Gasteiger partial charge in [-0.25, -0.2) is 0 Å². The number of hydrogen-bond acceptors (Lipinski definition) is 2. The van der Waals surface area contributed by atoms with Crippen LogP contribution in [0.4, 0.5) is 0 Å². The van der Waals surface area contributed by atoms with Gasteiger partial charge in [0, 0.05) is 40.1 Å². The molecule has 4 rings (SSSR count). The molecule has 2 N–H and O–H groups in total. The molecule has 4 heteroatoms. The summed E-state index contributed by atoms with van der Waals surface area (Å²) in [5, 5.41) is 2.38. The summed E-state index contributed by atoms with van der Waals surface area (Å²) in [4.78, 5) is 19.2. The Bertz CT molecular complexity index is 1040. The molecule has 0 atom stereocenters. The number of aromatic amines is 2. The molecule has 0 bridgehead atoms. The Labute approximate surface area is 158 Å². The maximum absolute atomic E-state index is 12.4. The molecular weight excluding hydrogens is 336 g/mol. The minimum absolute atomic E-state index is 0.0752. The van der Waals surface area contributed by atoms with Crippen molar-refractivity contribution in [1.29, 1.82) is 0 Å². The van der Waals surface area contributed by atoms with Gasteiger partial charge in [-0.2, -0.15) is 0 Å². The van der Waals surface area contributed by atoms with E-state index in [9.17, 15) is 4.79 Å². The number of rotatable bonds is 5. The summed E-state index contributed by atoms with van der Waals surface area (Å²) in [5.74, 6) is -0.248. The van der Waals surface area contributed by atoms with E-state index in [0.717, 1.165) is 22.2 Å². The lowest BCUT2D eigenvalue weighted by atomic mass is 9.86. The first-order valence-electron chi connectivity index (χ1n) is 9.39. The van der Waals surface area contributed by atoms with E-state index < -0.39 is 0 Å². The van der Waals surface area contributed by atoms with Gasteiger partial charge >= 0.3 is 5.97 Å². The van der Waals surface area contributed by atoms with Gasteiger partial charge in [0.05, 0.1) is 13.0 Å². The predicted octanol–water partition coefficient (Wildman–Crippen LogP) is 5.35. The lowest BCUT2D eigenvalue weighted by Gasteiger charge is -2.17. The van der Waals surface area contributed by atoms with Crippen LogP contribution in [-0.4, -0.2) is 22.5 Å². The number of carbonyl (C=O) groups is 1. The maximum atomic E-state index is 12.4. The molecule has 2 aromatic carbocycles. The first-order chi connectivity index (χ1) is 13.1. The molecule has 2 heterocycles. The van der Waals surface area contributed by atoms with Crippen molar-refractivity contribution in [1.82, 2.24) is 9.97 Å². The van der Waals surface area contributed by atoms with Crippen molar-refractivity contribution in [3.8, 4) is 0 Å². The number of H-pyrrole nitrogens is 2. The van der Waals surface area contributed by atoms with Gasteiger partial charge in [-0.3, -0.25) is 4.79 Å². The summed E-state index contributed by atoms with van der Waals surface area (Å²) >= 11 is 0. The predicted molar refractivity (Wildman–Crippen MR) is 109 cm³/mol. The molecule has 0 amide bonds. The Kier molecular flexibility index (Phi) is 4.48. The van der Waals surface area contributed by atoms with E-state index in [2.05, 4.69) is 48.1 Å². The zero-order chi connectivity index (χ0) is 19.0. The van der Waals surface area contributed by atoms with Gasteiger partial charge < -0.3 is 14.7 Å². The number of fused-ring (bicyclic) bond motifs is 2. The Morgan fingerprint density at radius 3 is 1.93 bits per heavy atom. The number of aromatic nitrogens is 2. The van der Waals surface area contributed by atoms with Gasteiger partial charge in [-0.05, 0) is 55.2 Å². The summed E-state index contributed by atoms with van der Waals surface area (Å²) in [6.45, 7) is 6.47. The molecule has 0 aliphatic rings. The van der Waals surface area contributed by atoms with Crippen LogP contribution in [-0.2, 0) is 9.53 Å². The Morgan fingerprint density at radius 1 is 0.926 bits per heavy atom. The standard InChI is InChI=1S/C23H24N2O2/c1-4-27-21(26)11-16(17-12-24-19-9-5-7-14(2)22(17)19)18-13-25-20-10-6-8-15(3)23(18)20/h5-10,12-13,16,24-25H,4,11H2,1-3H3. The molecule has 138 valence electrons.